The van der Waals surface area contributed by atoms with E-state index in [9.17, 15) is 4.79 Å². The maximum Gasteiger partial charge on any atom is 0.319 e. The zero-order valence-corrected chi connectivity index (χ0v) is 14.0. The summed E-state index contributed by atoms with van der Waals surface area (Å²) in [5.74, 6) is 0. The number of rotatable bonds is 4. The molecule has 2 amide bonds. The van der Waals surface area contributed by atoms with Gasteiger partial charge in [-0.25, -0.2) is 4.79 Å². The average Bonchev–Trinajstić information content (AvgIpc) is 2.59. The van der Waals surface area contributed by atoms with Crippen molar-refractivity contribution in [2.45, 2.75) is 26.8 Å². The summed E-state index contributed by atoms with van der Waals surface area (Å²) in [5, 5.41) is 1.97. The summed E-state index contributed by atoms with van der Waals surface area (Å²) in [4.78, 5) is 18.0. The van der Waals surface area contributed by atoms with E-state index in [1.165, 1.54) is 5.56 Å². The van der Waals surface area contributed by atoms with Gasteiger partial charge in [-0.05, 0) is 36.6 Å². The quantitative estimate of drug-likeness (QED) is 0.784. The molecule has 0 saturated carbocycles. The Bertz CT molecular complexity index is 872. The first kappa shape index (κ1) is 16.0. The Kier molecular flexibility index (Phi) is 4.47. The Balaban J connectivity index is 2.02. The monoisotopic (exact) mass is 319 g/mol. The first-order valence-electron chi connectivity index (χ1n) is 8.08. The molecule has 3 rings (SSSR count). The normalized spacial score (nSPS) is 10.8. The van der Waals surface area contributed by atoms with Gasteiger partial charge >= 0.3 is 6.03 Å². The van der Waals surface area contributed by atoms with Crippen LogP contribution in [0.3, 0.4) is 0 Å². The number of urea groups is 1. The SMILES string of the molecule is CCc1ccc(CN(C(N)=O)c2cccc3cnc(C)cc23)cc1. The predicted molar refractivity (Wildman–Crippen MR) is 98.1 cm³/mol. The Morgan fingerprint density at radius 3 is 2.50 bits per heavy atom. The van der Waals surface area contributed by atoms with E-state index in [4.69, 9.17) is 5.73 Å². The summed E-state index contributed by atoms with van der Waals surface area (Å²) in [6, 6.07) is 15.6. The van der Waals surface area contributed by atoms with Crippen molar-refractivity contribution in [2.75, 3.05) is 4.90 Å². The minimum atomic E-state index is -0.462. The molecule has 4 nitrogen and oxygen atoms in total. The van der Waals surface area contributed by atoms with Crippen LogP contribution in [0.5, 0.6) is 0 Å². The van der Waals surface area contributed by atoms with Crippen molar-refractivity contribution < 1.29 is 4.79 Å². The molecule has 3 aromatic rings. The molecule has 0 atom stereocenters. The van der Waals surface area contributed by atoms with Crippen LogP contribution in [0, 0.1) is 6.92 Å². The molecule has 4 heteroatoms. The van der Waals surface area contributed by atoms with Crippen LogP contribution in [-0.2, 0) is 13.0 Å². The first-order valence-corrected chi connectivity index (χ1v) is 8.08. The molecule has 0 bridgehead atoms. The van der Waals surface area contributed by atoms with Crippen LogP contribution in [0.2, 0.25) is 0 Å². The highest BCUT2D eigenvalue weighted by Gasteiger charge is 2.16. The third-order valence-electron chi connectivity index (χ3n) is 4.21. The van der Waals surface area contributed by atoms with E-state index < -0.39 is 6.03 Å². The lowest BCUT2D eigenvalue weighted by Gasteiger charge is -2.22. The van der Waals surface area contributed by atoms with Gasteiger partial charge in [0.1, 0.15) is 0 Å². The summed E-state index contributed by atoms with van der Waals surface area (Å²) in [7, 11) is 0. The number of aryl methyl sites for hydroxylation is 2. The maximum atomic E-state index is 12.1. The number of pyridine rings is 1. The van der Waals surface area contributed by atoms with Crippen molar-refractivity contribution >= 4 is 22.5 Å². The van der Waals surface area contributed by atoms with Crippen molar-refractivity contribution in [3.8, 4) is 0 Å². The van der Waals surface area contributed by atoms with Gasteiger partial charge in [0.25, 0.3) is 0 Å². The number of primary amides is 1. The largest absolute Gasteiger partial charge is 0.351 e. The minimum Gasteiger partial charge on any atom is -0.351 e. The number of fused-ring (bicyclic) bond motifs is 1. The van der Waals surface area contributed by atoms with Gasteiger partial charge in [0.15, 0.2) is 0 Å². The van der Waals surface area contributed by atoms with Gasteiger partial charge in [-0.3, -0.25) is 9.88 Å². The molecule has 122 valence electrons. The number of carbonyl (C=O) groups is 1. The molecule has 0 unspecified atom stereocenters. The number of benzene rings is 2. The van der Waals surface area contributed by atoms with Gasteiger partial charge in [0.05, 0.1) is 12.2 Å². The summed E-state index contributed by atoms with van der Waals surface area (Å²) in [6.07, 6.45) is 2.82. The Morgan fingerprint density at radius 2 is 1.83 bits per heavy atom. The number of carbonyl (C=O) groups excluding carboxylic acids is 1. The number of amides is 2. The lowest BCUT2D eigenvalue weighted by Crippen LogP contribution is -2.35. The molecule has 1 aromatic heterocycles. The average molecular weight is 319 g/mol. The number of nitrogens with zero attached hydrogens (tertiary/aromatic N) is 2. The topological polar surface area (TPSA) is 59.2 Å². The lowest BCUT2D eigenvalue weighted by molar-refractivity contribution is 0.253. The highest BCUT2D eigenvalue weighted by atomic mass is 16.2. The lowest BCUT2D eigenvalue weighted by atomic mass is 10.1. The second kappa shape index (κ2) is 6.71. The fourth-order valence-electron chi connectivity index (χ4n) is 2.84. The van der Waals surface area contributed by atoms with Gasteiger partial charge in [-0.15, -0.1) is 0 Å². The molecule has 24 heavy (non-hydrogen) atoms. The van der Waals surface area contributed by atoms with Crippen molar-refractivity contribution in [1.29, 1.82) is 0 Å². The van der Waals surface area contributed by atoms with Crippen molar-refractivity contribution in [2.24, 2.45) is 5.73 Å². The van der Waals surface area contributed by atoms with Crippen molar-refractivity contribution in [3.05, 3.63) is 71.5 Å². The molecule has 0 aliphatic rings. The Hall–Kier alpha value is -2.88. The van der Waals surface area contributed by atoms with Crippen LogP contribution < -0.4 is 10.6 Å². The van der Waals surface area contributed by atoms with E-state index in [1.807, 2.05) is 49.5 Å². The molecule has 1 heterocycles. The fraction of sp³-hybridized carbons (Fsp3) is 0.200. The molecule has 0 radical (unpaired) electrons. The molecule has 0 spiro atoms. The highest BCUT2D eigenvalue weighted by molar-refractivity contribution is 6.02. The van der Waals surface area contributed by atoms with Crippen LogP contribution in [-0.4, -0.2) is 11.0 Å². The number of nitrogens with two attached hydrogens (primary N) is 1. The Labute approximate surface area is 141 Å². The van der Waals surface area contributed by atoms with Crippen molar-refractivity contribution in [1.82, 2.24) is 4.98 Å². The molecule has 2 aromatic carbocycles. The first-order chi connectivity index (χ1) is 11.6. The van der Waals surface area contributed by atoms with Gasteiger partial charge in [-0.2, -0.15) is 0 Å². The van der Waals surface area contributed by atoms with Crippen LogP contribution in [0.25, 0.3) is 10.8 Å². The highest BCUT2D eigenvalue weighted by Crippen LogP contribution is 2.28. The van der Waals surface area contributed by atoms with E-state index in [-0.39, 0.29) is 0 Å². The van der Waals surface area contributed by atoms with E-state index in [0.29, 0.717) is 6.54 Å². The molecule has 0 aliphatic carbocycles. The van der Waals surface area contributed by atoms with E-state index in [1.54, 1.807) is 4.90 Å². The van der Waals surface area contributed by atoms with Gasteiger partial charge < -0.3 is 5.73 Å². The summed E-state index contributed by atoms with van der Waals surface area (Å²) in [5.41, 5.74) is 9.72. The molecule has 0 aliphatic heterocycles. The second-order valence-electron chi connectivity index (χ2n) is 5.92. The summed E-state index contributed by atoms with van der Waals surface area (Å²) >= 11 is 0. The van der Waals surface area contributed by atoms with Crippen LogP contribution in [0.15, 0.2) is 54.7 Å². The summed E-state index contributed by atoms with van der Waals surface area (Å²) in [6.45, 7) is 4.51. The second-order valence-corrected chi connectivity index (χ2v) is 5.92. The smallest absolute Gasteiger partial charge is 0.319 e. The van der Waals surface area contributed by atoms with Crippen molar-refractivity contribution in [3.63, 3.8) is 0 Å². The van der Waals surface area contributed by atoms with E-state index in [2.05, 4.69) is 24.0 Å². The van der Waals surface area contributed by atoms with Gasteiger partial charge in [0.2, 0.25) is 0 Å². The molecule has 0 fully saturated rings. The number of anilines is 1. The van der Waals surface area contributed by atoms with Gasteiger partial charge in [0, 0.05) is 22.7 Å². The molecular formula is C20H21N3O. The minimum absolute atomic E-state index is 0.444. The molecule has 0 saturated heterocycles. The van der Waals surface area contributed by atoms with Crippen LogP contribution in [0.4, 0.5) is 10.5 Å². The van der Waals surface area contributed by atoms with E-state index in [0.717, 1.165) is 34.1 Å². The van der Waals surface area contributed by atoms with E-state index >= 15 is 0 Å². The number of hydrogen-bond acceptors (Lipinski definition) is 2. The maximum absolute atomic E-state index is 12.1. The van der Waals surface area contributed by atoms with Gasteiger partial charge in [-0.1, -0.05) is 43.3 Å². The van der Waals surface area contributed by atoms with Crippen LogP contribution in [0.1, 0.15) is 23.7 Å². The molecule has 2 N–H and O–H groups in total. The number of hydrogen-bond donors (Lipinski definition) is 1. The number of aromatic nitrogens is 1. The zero-order valence-electron chi connectivity index (χ0n) is 14.0. The molecular weight excluding hydrogens is 298 g/mol. The third-order valence-corrected chi connectivity index (χ3v) is 4.21. The fourth-order valence-corrected chi connectivity index (χ4v) is 2.84. The summed E-state index contributed by atoms with van der Waals surface area (Å²) < 4.78 is 0. The predicted octanol–water partition coefficient (Wildman–Crippen LogP) is 4.19. The Morgan fingerprint density at radius 1 is 1.12 bits per heavy atom. The zero-order chi connectivity index (χ0) is 17.1. The standard InChI is InChI=1S/C20H21N3O/c1-3-15-7-9-16(10-8-15)13-23(20(21)24)19-6-4-5-17-12-22-14(2)11-18(17)19/h4-12H,3,13H2,1-2H3,(H2,21,24). The third kappa shape index (κ3) is 3.23. The van der Waals surface area contributed by atoms with Crippen LogP contribution >= 0.6 is 0 Å².